The number of halogens is 1. The van der Waals surface area contributed by atoms with Crippen molar-refractivity contribution >= 4 is 44.2 Å². The Bertz CT molecular complexity index is 1470. The lowest BCUT2D eigenvalue weighted by molar-refractivity contribution is 0.0985. The van der Waals surface area contributed by atoms with E-state index in [0.29, 0.717) is 39.3 Å². The minimum atomic E-state index is -0.210. The van der Waals surface area contributed by atoms with Crippen molar-refractivity contribution in [2.75, 3.05) is 11.4 Å². The number of aromatic nitrogens is 4. The molecule has 0 aliphatic carbocycles. The van der Waals surface area contributed by atoms with Crippen molar-refractivity contribution in [3.63, 3.8) is 0 Å². The van der Waals surface area contributed by atoms with Crippen molar-refractivity contribution < 1.29 is 9.32 Å². The third-order valence-corrected chi connectivity index (χ3v) is 7.51. The normalized spacial score (nSPS) is 11.3. The quantitative estimate of drug-likeness (QED) is 0.253. The van der Waals surface area contributed by atoms with Crippen LogP contribution < -0.4 is 4.90 Å². The lowest BCUT2D eigenvalue weighted by Gasteiger charge is -2.20. The van der Waals surface area contributed by atoms with Gasteiger partial charge >= 0.3 is 0 Å². The number of rotatable bonds is 7. The van der Waals surface area contributed by atoms with Crippen molar-refractivity contribution in [2.24, 2.45) is 0 Å². The van der Waals surface area contributed by atoms with Gasteiger partial charge in [-0.1, -0.05) is 58.4 Å². The number of aryl methyl sites for hydroxylation is 4. The fourth-order valence-corrected chi connectivity index (χ4v) is 5.44. The molecule has 5 aromatic rings. The molecule has 3 aromatic heterocycles. The number of amides is 1. The van der Waals surface area contributed by atoms with Gasteiger partial charge < -0.3 is 9.09 Å². The van der Waals surface area contributed by atoms with Crippen LogP contribution in [0.4, 0.5) is 5.13 Å². The summed E-state index contributed by atoms with van der Waals surface area (Å²) in [5.41, 5.74) is 4.63. The van der Waals surface area contributed by atoms with E-state index in [9.17, 15) is 4.79 Å². The number of benzene rings is 2. The number of nitrogens with zero attached hydrogens (tertiary/aromatic N) is 5. The van der Waals surface area contributed by atoms with Crippen molar-refractivity contribution in [1.29, 1.82) is 0 Å². The number of anilines is 1. The molecule has 3 heterocycles. The number of carbonyl (C=O) groups is 1. The molecule has 5 rings (SSSR count). The van der Waals surface area contributed by atoms with E-state index < -0.39 is 0 Å². The average Bonchev–Trinajstić information content (AvgIpc) is 3.60. The highest BCUT2D eigenvalue weighted by Gasteiger charge is 2.29. The van der Waals surface area contributed by atoms with Gasteiger partial charge in [0.1, 0.15) is 17.0 Å². The van der Waals surface area contributed by atoms with E-state index in [1.54, 1.807) is 30.4 Å². The van der Waals surface area contributed by atoms with E-state index in [2.05, 4.69) is 29.2 Å². The summed E-state index contributed by atoms with van der Waals surface area (Å²) in [6, 6.07) is 11.5. The summed E-state index contributed by atoms with van der Waals surface area (Å²) < 4.78 is 8.57. The Labute approximate surface area is 212 Å². The highest BCUT2D eigenvalue weighted by molar-refractivity contribution is 7.22. The topological polar surface area (TPSA) is 77.0 Å². The molecule has 0 fully saturated rings. The molecule has 1 amide bonds. The number of hydrogen-bond acceptors (Lipinski definition) is 6. The summed E-state index contributed by atoms with van der Waals surface area (Å²) >= 11 is 7.97. The molecule has 0 bridgehead atoms. The van der Waals surface area contributed by atoms with Gasteiger partial charge in [0.15, 0.2) is 5.13 Å². The Balaban J connectivity index is 1.57. The van der Waals surface area contributed by atoms with Crippen LogP contribution in [0.25, 0.3) is 21.5 Å². The fourth-order valence-electron chi connectivity index (χ4n) is 4.07. The van der Waals surface area contributed by atoms with E-state index in [1.807, 2.05) is 35.9 Å². The third-order valence-electron chi connectivity index (χ3n) is 5.97. The predicted molar refractivity (Wildman–Crippen MR) is 139 cm³/mol. The average molecular weight is 506 g/mol. The maximum atomic E-state index is 14.1. The fraction of sp³-hybridized carbons (Fsp3) is 0.231. The Hall–Kier alpha value is -3.49. The van der Waals surface area contributed by atoms with Crippen LogP contribution in [0.2, 0.25) is 5.02 Å². The molecule has 9 heteroatoms. The third kappa shape index (κ3) is 4.47. The van der Waals surface area contributed by atoms with Crippen molar-refractivity contribution in [3.05, 3.63) is 82.6 Å². The lowest BCUT2D eigenvalue weighted by atomic mass is 10.1. The van der Waals surface area contributed by atoms with Crippen molar-refractivity contribution in [3.8, 4) is 11.3 Å². The maximum absolute atomic E-state index is 14.1. The van der Waals surface area contributed by atoms with Gasteiger partial charge in [0.2, 0.25) is 0 Å². The zero-order valence-corrected chi connectivity index (χ0v) is 21.2. The summed E-state index contributed by atoms with van der Waals surface area (Å²) in [4.78, 5) is 24.8. The minimum absolute atomic E-state index is 0.210. The maximum Gasteiger partial charge on any atom is 0.265 e. The van der Waals surface area contributed by atoms with E-state index in [0.717, 1.165) is 34.3 Å². The van der Waals surface area contributed by atoms with Gasteiger partial charge in [0.25, 0.3) is 5.91 Å². The molecule has 0 saturated carbocycles. The van der Waals surface area contributed by atoms with Crippen LogP contribution in [0.3, 0.4) is 0 Å². The zero-order valence-electron chi connectivity index (χ0n) is 19.7. The second-order valence-electron chi connectivity index (χ2n) is 8.43. The summed E-state index contributed by atoms with van der Waals surface area (Å²) in [6.07, 6.45) is 6.16. The first-order valence-corrected chi connectivity index (χ1v) is 12.5. The van der Waals surface area contributed by atoms with Crippen LogP contribution in [0, 0.1) is 20.8 Å². The monoisotopic (exact) mass is 505 g/mol. The van der Waals surface area contributed by atoms with E-state index in [1.165, 1.54) is 11.3 Å². The standard InChI is InChI=1S/C26H24ClN5O2S/c1-16-9-10-17(2)24-22(16)29-26(35-24)32(13-6-12-31-14-11-28-15-31)25(33)21-18(3)34-30-23(21)19-7-4-5-8-20(19)27/h4-5,7-11,14-15H,6,12-13H2,1-3H3. The van der Waals surface area contributed by atoms with Crippen LogP contribution in [0.5, 0.6) is 0 Å². The molecular weight excluding hydrogens is 482 g/mol. The van der Waals surface area contributed by atoms with Gasteiger partial charge in [-0.3, -0.25) is 9.69 Å². The minimum Gasteiger partial charge on any atom is -0.360 e. The molecule has 0 saturated heterocycles. The van der Waals surface area contributed by atoms with Crippen LogP contribution in [0.15, 0.2) is 59.6 Å². The van der Waals surface area contributed by atoms with Crippen LogP contribution >= 0.6 is 22.9 Å². The van der Waals surface area contributed by atoms with Gasteiger partial charge in [0.05, 0.1) is 21.6 Å². The number of hydrogen-bond donors (Lipinski definition) is 0. The first-order chi connectivity index (χ1) is 16.9. The van der Waals surface area contributed by atoms with Crippen molar-refractivity contribution in [1.82, 2.24) is 19.7 Å². The zero-order chi connectivity index (χ0) is 24.5. The van der Waals surface area contributed by atoms with Crippen LogP contribution in [0.1, 0.15) is 33.7 Å². The SMILES string of the molecule is Cc1onc(-c2ccccc2Cl)c1C(=O)N(CCCn1ccnc1)c1nc2c(C)ccc(C)c2s1. The molecule has 0 N–H and O–H groups in total. The molecule has 35 heavy (non-hydrogen) atoms. The predicted octanol–water partition coefficient (Wildman–Crippen LogP) is 6.46. The highest BCUT2D eigenvalue weighted by atomic mass is 35.5. The van der Waals surface area contributed by atoms with E-state index >= 15 is 0 Å². The number of thiazole rings is 1. The summed E-state index contributed by atoms with van der Waals surface area (Å²) in [5, 5.41) is 5.36. The molecule has 0 radical (unpaired) electrons. The number of imidazole rings is 1. The Morgan fingerprint density at radius 3 is 2.69 bits per heavy atom. The van der Waals surface area contributed by atoms with Crippen LogP contribution in [-0.2, 0) is 6.54 Å². The lowest BCUT2D eigenvalue weighted by Crippen LogP contribution is -2.33. The molecule has 0 spiro atoms. The first-order valence-electron chi connectivity index (χ1n) is 11.3. The van der Waals surface area contributed by atoms with Gasteiger partial charge in [-0.15, -0.1) is 0 Å². The number of fused-ring (bicyclic) bond motifs is 1. The van der Waals surface area contributed by atoms with Gasteiger partial charge in [0, 0.05) is 31.0 Å². The molecule has 7 nitrogen and oxygen atoms in total. The van der Waals surface area contributed by atoms with Crippen molar-refractivity contribution in [2.45, 2.75) is 33.7 Å². The second kappa shape index (κ2) is 9.64. The summed E-state index contributed by atoms with van der Waals surface area (Å²) in [7, 11) is 0. The summed E-state index contributed by atoms with van der Waals surface area (Å²) in [6.45, 7) is 7.05. The molecule has 178 valence electrons. The molecule has 0 aliphatic rings. The molecule has 0 atom stereocenters. The van der Waals surface area contributed by atoms with Gasteiger partial charge in [-0.05, 0) is 44.4 Å². The Morgan fingerprint density at radius 1 is 1.14 bits per heavy atom. The highest BCUT2D eigenvalue weighted by Crippen LogP contribution is 2.36. The van der Waals surface area contributed by atoms with Gasteiger partial charge in [-0.25, -0.2) is 9.97 Å². The van der Waals surface area contributed by atoms with E-state index in [-0.39, 0.29) is 5.91 Å². The molecule has 0 unspecified atom stereocenters. The Kier molecular flexibility index (Phi) is 6.40. The number of carbonyl (C=O) groups excluding carboxylic acids is 1. The second-order valence-corrected chi connectivity index (χ2v) is 9.81. The largest absolute Gasteiger partial charge is 0.360 e. The smallest absolute Gasteiger partial charge is 0.265 e. The van der Waals surface area contributed by atoms with E-state index in [4.69, 9.17) is 21.1 Å². The Morgan fingerprint density at radius 2 is 1.94 bits per heavy atom. The van der Waals surface area contributed by atoms with Gasteiger partial charge in [-0.2, -0.15) is 0 Å². The first kappa shape index (κ1) is 23.3. The molecular formula is C26H24ClN5O2S. The summed E-state index contributed by atoms with van der Waals surface area (Å²) in [5.74, 6) is 0.233. The molecule has 0 aliphatic heterocycles. The molecule has 2 aromatic carbocycles. The van der Waals surface area contributed by atoms with Crippen LogP contribution in [-0.4, -0.2) is 32.1 Å².